The number of piperidine rings is 1. The van der Waals surface area contributed by atoms with E-state index >= 15 is 0 Å². The van der Waals surface area contributed by atoms with Crippen molar-refractivity contribution in [3.05, 3.63) is 0 Å². The lowest BCUT2D eigenvalue weighted by molar-refractivity contribution is -0.137. The molecule has 1 aliphatic heterocycles. The highest BCUT2D eigenvalue weighted by Gasteiger charge is 2.29. The van der Waals surface area contributed by atoms with Crippen molar-refractivity contribution in [3.63, 3.8) is 0 Å². The number of nitrogens with zero attached hydrogens (tertiary/aromatic N) is 2. The Balaban J connectivity index is 2.63. The highest BCUT2D eigenvalue weighted by atomic mass is 16.3. The summed E-state index contributed by atoms with van der Waals surface area (Å²) in [6.07, 6.45) is 1.15. The van der Waals surface area contributed by atoms with Gasteiger partial charge in [0, 0.05) is 13.1 Å². The minimum absolute atomic E-state index is 0.0292. The number of carbonyl (C=O) groups excluding carboxylic acids is 1. The van der Waals surface area contributed by atoms with E-state index in [1.807, 2.05) is 19.9 Å². The summed E-state index contributed by atoms with van der Waals surface area (Å²) in [5, 5.41) is 18.3. The first-order valence-electron chi connectivity index (χ1n) is 5.42. The van der Waals surface area contributed by atoms with Gasteiger partial charge in [-0.1, -0.05) is 13.8 Å². The number of carbonyl (C=O) groups is 1. The summed E-state index contributed by atoms with van der Waals surface area (Å²) >= 11 is 0. The van der Waals surface area contributed by atoms with Crippen LogP contribution in [0.2, 0.25) is 0 Å². The fourth-order valence-corrected chi connectivity index (χ4v) is 1.84. The molecule has 0 aromatic carbocycles. The molecule has 1 saturated heterocycles. The second kappa shape index (κ2) is 5.13. The van der Waals surface area contributed by atoms with E-state index in [2.05, 4.69) is 0 Å². The Morgan fingerprint density at radius 3 is 2.73 bits per heavy atom. The van der Waals surface area contributed by atoms with Crippen molar-refractivity contribution < 1.29 is 9.90 Å². The fourth-order valence-electron chi connectivity index (χ4n) is 1.84. The highest BCUT2D eigenvalue weighted by molar-refractivity contribution is 5.81. The van der Waals surface area contributed by atoms with Crippen molar-refractivity contribution in [1.29, 1.82) is 5.26 Å². The number of aliphatic hydroxyl groups excluding tert-OH is 1. The van der Waals surface area contributed by atoms with Crippen LogP contribution in [0.25, 0.3) is 0 Å². The predicted molar refractivity (Wildman–Crippen MR) is 55.8 cm³/mol. The molecule has 1 amide bonds. The van der Waals surface area contributed by atoms with E-state index in [0.717, 1.165) is 12.8 Å². The van der Waals surface area contributed by atoms with Crippen LogP contribution in [0.5, 0.6) is 0 Å². The topological polar surface area (TPSA) is 64.3 Å². The van der Waals surface area contributed by atoms with Crippen LogP contribution >= 0.6 is 0 Å². The summed E-state index contributed by atoms with van der Waals surface area (Å²) in [6, 6.07) is 2.04. The van der Waals surface area contributed by atoms with Gasteiger partial charge in [-0.2, -0.15) is 5.26 Å². The molecule has 1 rings (SSSR count). The SMILES string of the molecule is CC(C)C(C#N)C(=O)N1CCCC(O)C1. The molecule has 0 spiro atoms. The number of hydrogen-bond acceptors (Lipinski definition) is 3. The molecule has 0 radical (unpaired) electrons. The average molecular weight is 210 g/mol. The number of β-amino-alcohol motifs (C(OH)–C–C–N with tert-alkyl or cyclic N) is 1. The number of aliphatic hydroxyl groups is 1. The van der Waals surface area contributed by atoms with Crippen LogP contribution in [0, 0.1) is 23.2 Å². The average Bonchev–Trinajstić information content (AvgIpc) is 2.18. The number of likely N-dealkylation sites (tertiary alicyclic amines) is 1. The first-order valence-corrected chi connectivity index (χ1v) is 5.42. The quantitative estimate of drug-likeness (QED) is 0.732. The lowest BCUT2D eigenvalue weighted by Crippen LogP contribution is -2.45. The number of nitriles is 1. The molecule has 0 saturated carbocycles. The normalized spacial score (nSPS) is 23.7. The molecule has 15 heavy (non-hydrogen) atoms. The maximum atomic E-state index is 11.9. The van der Waals surface area contributed by atoms with Gasteiger partial charge < -0.3 is 10.0 Å². The summed E-state index contributed by atoms with van der Waals surface area (Å²) in [4.78, 5) is 13.5. The Kier molecular flexibility index (Phi) is 4.10. The second-order valence-corrected chi connectivity index (χ2v) is 4.43. The molecule has 1 heterocycles. The van der Waals surface area contributed by atoms with Crippen LogP contribution in [0.4, 0.5) is 0 Å². The predicted octanol–water partition coefficient (Wildman–Crippen LogP) is 0.765. The Labute approximate surface area is 90.5 Å². The summed E-state index contributed by atoms with van der Waals surface area (Å²) in [6.45, 7) is 4.78. The Hall–Kier alpha value is -1.08. The van der Waals surface area contributed by atoms with Gasteiger partial charge in [0.2, 0.25) is 5.91 Å². The summed E-state index contributed by atoms with van der Waals surface area (Å²) < 4.78 is 0. The van der Waals surface area contributed by atoms with Gasteiger partial charge in [0.15, 0.2) is 0 Å². The Morgan fingerprint density at radius 2 is 2.27 bits per heavy atom. The van der Waals surface area contributed by atoms with Crippen LogP contribution in [0.15, 0.2) is 0 Å². The van der Waals surface area contributed by atoms with Crippen LogP contribution in [0.1, 0.15) is 26.7 Å². The Morgan fingerprint density at radius 1 is 1.60 bits per heavy atom. The molecule has 0 bridgehead atoms. The van der Waals surface area contributed by atoms with Crippen LogP contribution < -0.4 is 0 Å². The van der Waals surface area contributed by atoms with Crippen LogP contribution in [-0.2, 0) is 4.79 Å². The van der Waals surface area contributed by atoms with Gasteiger partial charge in [0.25, 0.3) is 0 Å². The molecular formula is C11H18N2O2. The molecule has 84 valence electrons. The van der Waals surface area contributed by atoms with E-state index in [9.17, 15) is 9.90 Å². The maximum absolute atomic E-state index is 11.9. The maximum Gasteiger partial charge on any atom is 0.240 e. The van der Waals surface area contributed by atoms with E-state index in [4.69, 9.17) is 5.26 Å². The number of amides is 1. The molecule has 4 heteroatoms. The summed E-state index contributed by atoms with van der Waals surface area (Å²) in [7, 11) is 0. The molecule has 2 atom stereocenters. The zero-order chi connectivity index (χ0) is 11.4. The zero-order valence-electron chi connectivity index (χ0n) is 9.31. The number of hydrogen-bond donors (Lipinski definition) is 1. The third-order valence-corrected chi connectivity index (χ3v) is 2.78. The minimum atomic E-state index is -0.574. The van der Waals surface area contributed by atoms with E-state index in [0.29, 0.717) is 13.1 Å². The molecule has 1 fully saturated rings. The molecule has 0 aromatic heterocycles. The van der Waals surface area contributed by atoms with Crippen molar-refractivity contribution in [2.75, 3.05) is 13.1 Å². The van der Waals surface area contributed by atoms with Crippen molar-refractivity contribution >= 4 is 5.91 Å². The second-order valence-electron chi connectivity index (χ2n) is 4.43. The van der Waals surface area contributed by atoms with E-state index in [1.54, 1.807) is 4.90 Å². The number of rotatable bonds is 2. The highest BCUT2D eigenvalue weighted by Crippen LogP contribution is 2.17. The third kappa shape index (κ3) is 2.93. The molecule has 0 aromatic rings. The smallest absolute Gasteiger partial charge is 0.240 e. The molecule has 0 aliphatic carbocycles. The van der Waals surface area contributed by atoms with Crippen molar-refractivity contribution in [2.24, 2.45) is 11.8 Å². The standard InChI is InChI=1S/C11H18N2O2/c1-8(2)10(6-12)11(15)13-5-3-4-9(14)7-13/h8-10,14H,3-5,7H2,1-2H3. The molecule has 2 unspecified atom stereocenters. The molecular weight excluding hydrogens is 192 g/mol. The lowest BCUT2D eigenvalue weighted by Gasteiger charge is -2.32. The monoisotopic (exact) mass is 210 g/mol. The van der Waals surface area contributed by atoms with Crippen LogP contribution in [-0.4, -0.2) is 35.1 Å². The van der Waals surface area contributed by atoms with Gasteiger partial charge in [-0.15, -0.1) is 0 Å². The van der Waals surface area contributed by atoms with Gasteiger partial charge in [-0.05, 0) is 18.8 Å². The molecule has 1 N–H and O–H groups in total. The molecule has 1 aliphatic rings. The molecule has 4 nitrogen and oxygen atoms in total. The van der Waals surface area contributed by atoms with Crippen molar-refractivity contribution in [1.82, 2.24) is 4.90 Å². The minimum Gasteiger partial charge on any atom is -0.391 e. The van der Waals surface area contributed by atoms with Gasteiger partial charge in [0.1, 0.15) is 5.92 Å². The van der Waals surface area contributed by atoms with Gasteiger partial charge in [-0.25, -0.2) is 0 Å². The van der Waals surface area contributed by atoms with Gasteiger partial charge in [0.05, 0.1) is 12.2 Å². The largest absolute Gasteiger partial charge is 0.391 e. The van der Waals surface area contributed by atoms with E-state index < -0.39 is 12.0 Å². The first kappa shape index (κ1) is 12.0. The lowest BCUT2D eigenvalue weighted by atomic mass is 9.95. The van der Waals surface area contributed by atoms with E-state index in [-0.39, 0.29) is 11.8 Å². The Bertz CT molecular complexity index is 270. The van der Waals surface area contributed by atoms with Crippen molar-refractivity contribution in [3.8, 4) is 6.07 Å². The summed E-state index contributed by atoms with van der Waals surface area (Å²) in [5.74, 6) is -0.678. The zero-order valence-corrected chi connectivity index (χ0v) is 9.31. The van der Waals surface area contributed by atoms with Gasteiger partial charge >= 0.3 is 0 Å². The third-order valence-electron chi connectivity index (χ3n) is 2.78. The van der Waals surface area contributed by atoms with E-state index in [1.165, 1.54) is 0 Å². The van der Waals surface area contributed by atoms with Crippen molar-refractivity contribution in [2.45, 2.75) is 32.8 Å². The first-order chi connectivity index (χ1) is 7.06. The van der Waals surface area contributed by atoms with Gasteiger partial charge in [-0.3, -0.25) is 4.79 Å². The van der Waals surface area contributed by atoms with Crippen LogP contribution in [0.3, 0.4) is 0 Å². The fraction of sp³-hybridized carbons (Fsp3) is 0.818. The summed E-state index contributed by atoms with van der Waals surface area (Å²) in [5.41, 5.74) is 0.